The number of cyclic esters (lactones) is 2. The van der Waals surface area contributed by atoms with Gasteiger partial charge in [0, 0.05) is 26.0 Å². The van der Waals surface area contributed by atoms with Gasteiger partial charge in [0.15, 0.2) is 5.57 Å². The molecule has 1 aliphatic heterocycles. The van der Waals surface area contributed by atoms with Gasteiger partial charge in [-0.15, -0.1) is 0 Å². The van der Waals surface area contributed by atoms with Crippen LogP contribution in [0.3, 0.4) is 0 Å². The van der Waals surface area contributed by atoms with Crippen molar-refractivity contribution >= 4 is 17.8 Å². The highest BCUT2D eigenvalue weighted by atomic mass is 16.7. The maximum absolute atomic E-state index is 11.5. The number of rotatable bonds is 2. The lowest BCUT2D eigenvalue weighted by Gasteiger charge is -2.29. The first kappa shape index (κ1) is 13.2. The second kappa shape index (κ2) is 4.57. The molecular weight excluding hydrogens is 226 g/mol. The molecule has 94 valence electrons. The van der Waals surface area contributed by atoms with Gasteiger partial charge in [0.2, 0.25) is 5.91 Å². The molecule has 1 heterocycles. The van der Waals surface area contributed by atoms with Crippen LogP contribution in [-0.4, -0.2) is 23.6 Å². The maximum Gasteiger partial charge on any atom is 0.350 e. The van der Waals surface area contributed by atoms with Gasteiger partial charge in [-0.05, 0) is 0 Å². The molecule has 0 unspecified atom stereocenters. The third-order valence-electron chi connectivity index (χ3n) is 2.00. The number of nitrogens with one attached hydrogen (secondary N) is 1. The highest BCUT2D eigenvalue weighted by Gasteiger charge is 2.39. The van der Waals surface area contributed by atoms with Crippen LogP contribution in [0.4, 0.5) is 0 Å². The molecule has 0 bridgehead atoms. The maximum atomic E-state index is 11.5. The average molecular weight is 241 g/mol. The lowest BCUT2D eigenvalue weighted by atomic mass is 10.2. The smallest absolute Gasteiger partial charge is 0.350 e. The summed E-state index contributed by atoms with van der Waals surface area (Å²) in [4.78, 5) is 34.2. The number of amides is 1. The summed E-state index contributed by atoms with van der Waals surface area (Å²) < 4.78 is 9.70. The van der Waals surface area contributed by atoms with Crippen molar-refractivity contribution in [1.29, 1.82) is 0 Å². The predicted molar refractivity (Wildman–Crippen MR) is 57.3 cm³/mol. The zero-order chi connectivity index (χ0) is 13.2. The Hall–Kier alpha value is -1.85. The van der Waals surface area contributed by atoms with Crippen molar-refractivity contribution in [2.24, 2.45) is 5.92 Å². The standard InChI is InChI=1S/C11H15NO5/c1-6(2)8(13)12-5-7-9(14)16-11(3,4)17-10(7)15/h5-6H,1-4H3,(H,12,13). The van der Waals surface area contributed by atoms with Crippen molar-refractivity contribution in [3.8, 4) is 0 Å². The minimum absolute atomic E-state index is 0.251. The summed E-state index contributed by atoms with van der Waals surface area (Å²) in [5.74, 6) is -3.44. The largest absolute Gasteiger partial charge is 0.419 e. The summed E-state index contributed by atoms with van der Waals surface area (Å²) in [5.41, 5.74) is -0.321. The Balaban J connectivity index is 2.78. The normalized spacial score (nSPS) is 18.5. The van der Waals surface area contributed by atoms with Gasteiger partial charge in [0.05, 0.1) is 0 Å². The Kier molecular flexibility index (Phi) is 3.55. The lowest BCUT2D eigenvalue weighted by Crippen LogP contribution is -2.42. The van der Waals surface area contributed by atoms with Crippen LogP contribution < -0.4 is 5.32 Å². The van der Waals surface area contributed by atoms with Crippen LogP contribution in [0.5, 0.6) is 0 Å². The highest BCUT2D eigenvalue weighted by Crippen LogP contribution is 2.21. The van der Waals surface area contributed by atoms with Gasteiger partial charge < -0.3 is 14.8 Å². The van der Waals surface area contributed by atoms with E-state index < -0.39 is 17.7 Å². The van der Waals surface area contributed by atoms with Crippen molar-refractivity contribution in [3.05, 3.63) is 11.8 Å². The molecule has 1 N–H and O–H groups in total. The zero-order valence-corrected chi connectivity index (χ0v) is 10.2. The summed E-state index contributed by atoms with van der Waals surface area (Å²) in [7, 11) is 0. The van der Waals surface area contributed by atoms with Crippen LogP contribution in [0.1, 0.15) is 27.7 Å². The average Bonchev–Trinajstić information content (AvgIpc) is 2.13. The van der Waals surface area contributed by atoms with E-state index in [0.717, 1.165) is 6.20 Å². The van der Waals surface area contributed by atoms with E-state index in [1.807, 2.05) is 0 Å². The fourth-order valence-corrected chi connectivity index (χ4v) is 1.09. The Labute approximate surface area is 99.0 Å². The van der Waals surface area contributed by atoms with E-state index in [1.165, 1.54) is 13.8 Å². The molecule has 6 heteroatoms. The molecule has 0 aliphatic carbocycles. The van der Waals surface area contributed by atoms with Gasteiger partial charge in [-0.3, -0.25) is 4.79 Å². The molecule has 1 saturated heterocycles. The summed E-state index contributed by atoms with van der Waals surface area (Å²) in [6.45, 7) is 6.28. The summed E-state index contributed by atoms with van der Waals surface area (Å²) >= 11 is 0. The zero-order valence-electron chi connectivity index (χ0n) is 10.2. The van der Waals surface area contributed by atoms with Crippen molar-refractivity contribution in [2.75, 3.05) is 0 Å². The van der Waals surface area contributed by atoms with Crippen LogP contribution >= 0.6 is 0 Å². The molecule has 0 aromatic rings. The Bertz CT molecular complexity index is 373. The van der Waals surface area contributed by atoms with Crippen molar-refractivity contribution in [1.82, 2.24) is 5.32 Å². The molecular formula is C11H15NO5. The Morgan fingerprint density at radius 3 is 2.12 bits per heavy atom. The molecule has 6 nitrogen and oxygen atoms in total. The van der Waals surface area contributed by atoms with Crippen LogP contribution in [0, 0.1) is 5.92 Å². The first-order valence-electron chi connectivity index (χ1n) is 5.20. The van der Waals surface area contributed by atoms with Crippen molar-refractivity contribution in [3.63, 3.8) is 0 Å². The number of hydrogen-bond acceptors (Lipinski definition) is 5. The first-order valence-corrected chi connectivity index (χ1v) is 5.20. The number of carbonyl (C=O) groups is 3. The van der Waals surface area contributed by atoms with Crippen LogP contribution in [0.25, 0.3) is 0 Å². The third-order valence-corrected chi connectivity index (χ3v) is 2.00. The van der Waals surface area contributed by atoms with E-state index >= 15 is 0 Å². The molecule has 0 aromatic carbocycles. The van der Waals surface area contributed by atoms with Gasteiger partial charge in [-0.25, -0.2) is 9.59 Å². The molecule has 1 amide bonds. The molecule has 0 atom stereocenters. The minimum atomic E-state index is -1.27. The van der Waals surface area contributed by atoms with Crippen LogP contribution in [0.15, 0.2) is 11.8 Å². The van der Waals surface area contributed by atoms with Crippen molar-refractivity contribution in [2.45, 2.75) is 33.5 Å². The number of esters is 2. The van der Waals surface area contributed by atoms with Crippen LogP contribution in [-0.2, 0) is 23.9 Å². The minimum Gasteiger partial charge on any atom is -0.419 e. The van der Waals surface area contributed by atoms with E-state index in [0.29, 0.717) is 0 Å². The molecule has 1 rings (SSSR count). The SMILES string of the molecule is CC(C)C(=O)NC=C1C(=O)OC(C)(C)OC1=O. The quantitative estimate of drug-likeness (QED) is 0.432. The third kappa shape index (κ3) is 3.30. The summed E-state index contributed by atoms with van der Waals surface area (Å²) in [6, 6.07) is 0. The topological polar surface area (TPSA) is 81.7 Å². The molecule has 0 saturated carbocycles. The lowest BCUT2D eigenvalue weighted by molar-refractivity contribution is -0.222. The fraction of sp³-hybridized carbons (Fsp3) is 0.545. The van der Waals surface area contributed by atoms with E-state index in [2.05, 4.69) is 5.32 Å². The molecule has 1 fully saturated rings. The predicted octanol–water partition coefficient (Wildman–Crippen LogP) is 0.479. The monoisotopic (exact) mass is 241 g/mol. The van der Waals surface area contributed by atoms with Crippen molar-refractivity contribution < 1.29 is 23.9 Å². The fourth-order valence-electron chi connectivity index (χ4n) is 1.09. The molecule has 1 aliphatic rings. The molecule has 0 aromatic heterocycles. The summed E-state index contributed by atoms with van der Waals surface area (Å²) in [5, 5.41) is 2.34. The number of carbonyl (C=O) groups excluding carboxylic acids is 3. The Morgan fingerprint density at radius 2 is 1.71 bits per heavy atom. The first-order chi connectivity index (χ1) is 7.73. The van der Waals surface area contributed by atoms with Gasteiger partial charge >= 0.3 is 11.9 Å². The van der Waals surface area contributed by atoms with Gasteiger partial charge in [0.25, 0.3) is 5.79 Å². The molecule has 0 radical (unpaired) electrons. The highest BCUT2D eigenvalue weighted by molar-refractivity contribution is 6.15. The van der Waals surface area contributed by atoms with E-state index in [1.54, 1.807) is 13.8 Å². The second-order valence-corrected chi connectivity index (χ2v) is 4.40. The Morgan fingerprint density at radius 1 is 1.24 bits per heavy atom. The van der Waals surface area contributed by atoms with Gasteiger partial charge in [0.1, 0.15) is 0 Å². The van der Waals surface area contributed by atoms with Gasteiger partial charge in [-0.2, -0.15) is 0 Å². The van der Waals surface area contributed by atoms with E-state index in [9.17, 15) is 14.4 Å². The second-order valence-electron chi connectivity index (χ2n) is 4.40. The number of ether oxygens (including phenoxy) is 2. The molecule has 0 spiro atoms. The van der Waals surface area contributed by atoms with E-state index in [-0.39, 0.29) is 17.4 Å². The van der Waals surface area contributed by atoms with Crippen LogP contribution in [0.2, 0.25) is 0 Å². The number of hydrogen-bond donors (Lipinski definition) is 1. The van der Waals surface area contributed by atoms with E-state index in [4.69, 9.17) is 9.47 Å². The van der Waals surface area contributed by atoms with Gasteiger partial charge in [-0.1, -0.05) is 13.8 Å². The molecule has 17 heavy (non-hydrogen) atoms. The summed E-state index contributed by atoms with van der Waals surface area (Å²) in [6.07, 6.45) is 1.02.